The molecule has 2 atom stereocenters. The summed E-state index contributed by atoms with van der Waals surface area (Å²) in [6.45, 7) is 1.83. The van der Waals surface area contributed by atoms with Crippen molar-refractivity contribution < 1.29 is 13.9 Å². The Balaban J connectivity index is 1.89. The predicted molar refractivity (Wildman–Crippen MR) is 97.1 cm³/mol. The number of esters is 1. The van der Waals surface area contributed by atoms with Crippen molar-refractivity contribution in [3.63, 3.8) is 0 Å². The maximum absolute atomic E-state index is 13.3. The Bertz CT molecular complexity index is 1050. The fraction of sp³-hybridized carbons (Fsp3) is 0.211. The number of benzene rings is 2. The lowest BCUT2D eigenvalue weighted by Gasteiger charge is -2.14. The van der Waals surface area contributed by atoms with Crippen LogP contribution in [0.4, 0.5) is 4.39 Å². The Morgan fingerprint density at radius 3 is 2.58 bits per heavy atom. The van der Waals surface area contributed by atoms with E-state index in [0.29, 0.717) is 28.2 Å². The number of thioether (sulfide) groups is 1. The molecule has 1 fully saturated rings. The summed E-state index contributed by atoms with van der Waals surface area (Å²) in [5.41, 5.74) is 0.790. The quantitative estimate of drug-likeness (QED) is 0.523. The number of aromatic nitrogens is 2. The Hall–Kier alpha value is -2.67. The highest BCUT2D eigenvalue weighted by atomic mass is 32.2. The molecule has 2 aromatic carbocycles. The largest absolute Gasteiger partial charge is 0.462 e. The number of fused-ring (bicyclic) bond motifs is 1. The minimum Gasteiger partial charge on any atom is -0.462 e. The normalized spacial score (nSPS) is 19.7. The van der Waals surface area contributed by atoms with E-state index in [1.54, 1.807) is 24.3 Å². The van der Waals surface area contributed by atoms with Gasteiger partial charge in [0.05, 0.1) is 16.6 Å². The van der Waals surface area contributed by atoms with Crippen molar-refractivity contribution in [2.45, 2.75) is 29.9 Å². The van der Waals surface area contributed by atoms with Crippen molar-refractivity contribution >= 4 is 28.6 Å². The molecule has 26 heavy (non-hydrogen) atoms. The second-order valence-corrected chi connectivity index (χ2v) is 7.29. The first-order chi connectivity index (χ1) is 12.5. The van der Waals surface area contributed by atoms with E-state index < -0.39 is 11.1 Å². The van der Waals surface area contributed by atoms with Crippen molar-refractivity contribution in [2.75, 3.05) is 0 Å². The molecule has 7 heteroatoms. The molecule has 0 amide bonds. The number of hydrogen-bond donors (Lipinski definition) is 0. The zero-order valence-electron chi connectivity index (χ0n) is 13.9. The van der Waals surface area contributed by atoms with Crippen LogP contribution in [0.5, 0.6) is 0 Å². The van der Waals surface area contributed by atoms with Gasteiger partial charge in [0.1, 0.15) is 17.2 Å². The van der Waals surface area contributed by atoms with Crippen LogP contribution in [0.2, 0.25) is 0 Å². The summed E-state index contributed by atoms with van der Waals surface area (Å²) in [7, 11) is 0. The molecule has 5 nitrogen and oxygen atoms in total. The summed E-state index contributed by atoms with van der Waals surface area (Å²) in [4.78, 5) is 29.7. The number of nitrogens with zero attached hydrogens (tertiary/aromatic N) is 2. The van der Waals surface area contributed by atoms with Crippen LogP contribution >= 0.6 is 11.8 Å². The zero-order valence-corrected chi connectivity index (χ0v) is 14.7. The van der Waals surface area contributed by atoms with E-state index >= 15 is 0 Å². The molecule has 0 N–H and O–H groups in total. The van der Waals surface area contributed by atoms with Gasteiger partial charge in [0.2, 0.25) is 0 Å². The number of ether oxygens (including phenoxy) is 1. The van der Waals surface area contributed by atoms with Crippen molar-refractivity contribution in [2.24, 2.45) is 0 Å². The lowest BCUT2D eigenvalue weighted by atomic mass is 10.2. The number of cyclic esters (lactones) is 1. The third-order valence-electron chi connectivity index (χ3n) is 4.20. The van der Waals surface area contributed by atoms with Gasteiger partial charge in [-0.25, -0.2) is 9.37 Å². The van der Waals surface area contributed by atoms with Gasteiger partial charge in [0.25, 0.3) is 5.56 Å². The molecule has 0 spiro atoms. The lowest BCUT2D eigenvalue weighted by molar-refractivity contribution is -0.140. The zero-order chi connectivity index (χ0) is 18.3. The molecule has 1 saturated heterocycles. The van der Waals surface area contributed by atoms with Gasteiger partial charge < -0.3 is 4.74 Å². The van der Waals surface area contributed by atoms with Gasteiger partial charge in [0.15, 0.2) is 5.16 Å². The van der Waals surface area contributed by atoms with Gasteiger partial charge >= 0.3 is 5.97 Å². The SMILES string of the molecule is C[C@@H]1C[C@H](Sc2nc3ccccc3c(=O)n2-c2ccc(F)cc2)C(=O)O1. The third-order valence-corrected chi connectivity index (χ3v) is 5.36. The predicted octanol–water partition coefficient (Wildman–Crippen LogP) is 3.32. The van der Waals surface area contributed by atoms with Crippen LogP contribution in [0.25, 0.3) is 16.6 Å². The Kier molecular flexibility index (Phi) is 4.24. The van der Waals surface area contributed by atoms with Crippen LogP contribution < -0.4 is 5.56 Å². The second kappa shape index (κ2) is 6.57. The van der Waals surface area contributed by atoms with Crippen LogP contribution in [0.1, 0.15) is 13.3 Å². The average Bonchev–Trinajstić information content (AvgIpc) is 2.94. The van der Waals surface area contributed by atoms with E-state index in [9.17, 15) is 14.0 Å². The maximum Gasteiger partial charge on any atom is 0.319 e. The minimum absolute atomic E-state index is 0.161. The van der Waals surface area contributed by atoms with Gasteiger partial charge in [-0.2, -0.15) is 0 Å². The first-order valence-electron chi connectivity index (χ1n) is 8.18. The summed E-state index contributed by atoms with van der Waals surface area (Å²) in [6.07, 6.45) is 0.391. The van der Waals surface area contributed by atoms with Crippen LogP contribution in [0, 0.1) is 5.82 Å². The number of halogens is 1. The number of rotatable bonds is 3. The Morgan fingerprint density at radius 2 is 1.88 bits per heavy atom. The average molecular weight is 370 g/mol. The molecule has 1 aliphatic heterocycles. The molecular formula is C19H15FN2O3S. The van der Waals surface area contributed by atoms with Crippen LogP contribution in [-0.4, -0.2) is 26.9 Å². The van der Waals surface area contributed by atoms with Crippen LogP contribution in [-0.2, 0) is 9.53 Å². The van der Waals surface area contributed by atoms with Gasteiger partial charge in [-0.3, -0.25) is 14.2 Å². The van der Waals surface area contributed by atoms with Gasteiger partial charge in [-0.1, -0.05) is 23.9 Å². The number of carbonyl (C=O) groups is 1. The van der Waals surface area contributed by atoms with Crippen LogP contribution in [0.15, 0.2) is 58.5 Å². The standard InChI is InChI=1S/C19H15FN2O3S/c1-11-10-16(18(24)25-11)26-19-21-15-5-3-2-4-14(15)17(23)22(19)13-8-6-12(20)7-9-13/h2-9,11,16H,10H2,1H3/t11-,16+/m1/s1. The summed E-state index contributed by atoms with van der Waals surface area (Å²) in [5, 5.41) is 0.421. The number of hydrogen-bond acceptors (Lipinski definition) is 5. The molecule has 1 aliphatic rings. The van der Waals surface area contributed by atoms with Crippen molar-refractivity contribution in [3.05, 3.63) is 64.7 Å². The van der Waals surface area contributed by atoms with E-state index in [4.69, 9.17) is 4.74 Å². The maximum atomic E-state index is 13.3. The van der Waals surface area contributed by atoms with E-state index in [1.807, 2.05) is 6.92 Å². The number of para-hydroxylation sites is 1. The molecule has 4 rings (SSSR count). The molecule has 0 unspecified atom stereocenters. The first kappa shape index (κ1) is 16.8. The monoisotopic (exact) mass is 370 g/mol. The second-order valence-electron chi connectivity index (χ2n) is 6.12. The van der Waals surface area contributed by atoms with Crippen molar-refractivity contribution in [1.82, 2.24) is 9.55 Å². The van der Waals surface area contributed by atoms with Crippen molar-refractivity contribution in [1.29, 1.82) is 0 Å². The molecule has 0 bridgehead atoms. The topological polar surface area (TPSA) is 61.2 Å². The Labute approximate surface area is 152 Å². The highest BCUT2D eigenvalue weighted by molar-refractivity contribution is 8.00. The lowest BCUT2D eigenvalue weighted by Crippen LogP contribution is -2.23. The summed E-state index contributed by atoms with van der Waals surface area (Å²) in [5.74, 6) is -0.700. The van der Waals surface area contributed by atoms with E-state index in [2.05, 4.69) is 4.98 Å². The molecular weight excluding hydrogens is 355 g/mol. The Morgan fingerprint density at radius 1 is 1.15 bits per heavy atom. The summed E-state index contributed by atoms with van der Waals surface area (Å²) in [6, 6.07) is 12.6. The first-order valence-corrected chi connectivity index (χ1v) is 9.06. The number of carbonyl (C=O) groups excluding carboxylic acids is 1. The van der Waals surface area contributed by atoms with Gasteiger partial charge in [0, 0.05) is 6.42 Å². The highest BCUT2D eigenvalue weighted by Crippen LogP contribution is 2.32. The minimum atomic E-state index is -0.426. The molecule has 1 aromatic heterocycles. The van der Waals surface area contributed by atoms with E-state index in [-0.39, 0.29) is 17.6 Å². The van der Waals surface area contributed by atoms with Gasteiger partial charge in [-0.15, -0.1) is 0 Å². The van der Waals surface area contributed by atoms with Crippen molar-refractivity contribution in [3.8, 4) is 5.69 Å². The third kappa shape index (κ3) is 2.99. The molecule has 0 radical (unpaired) electrons. The molecule has 2 heterocycles. The van der Waals surface area contributed by atoms with Gasteiger partial charge in [-0.05, 0) is 43.3 Å². The summed E-state index contributed by atoms with van der Waals surface area (Å²) >= 11 is 1.20. The molecule has 0 aliphatic carbocycles. The summed E-state index contributed by atoms with van der Waals surface area (Å²) < 4.78 is 19.9. The molecule has 132 valence electrons. The fourth-order valence-corrected chi connectivity index (χ4v) is 4.17. The van der Waals surface area contributed by atoms with Crippen LogP contribution in [0.3, 0.4) is 0 Å². The smallest absolute Gasteiger partial charge is 0.319 e. The molecule has 0 saturated carbocycles. The highest BCUT2D eigenvalue weighted by Gasteiger charge is 2.34. The van der Waals surface area contributed by atoms with E-state index in [0.717, 1.165) is 0 Å². The molecule has 3 aromatic rings. The van der Waals surface area contributed by atoms with E-state index in [1.165, 1.54) is 40.6 Å². The fourth-order valence-electron chi connectivity index (χ4n) is 2.95.